The van der Waals surface area contributed by atoms with E-state index >= 15 is 0 Å². The molecule has 0 aliphatic carbocycles. The van der Waals surface area contributed by atoms with Gasteiger partial charge in [0.2, 0.25) is 0 Å². The Hall–Kier alpha value is -2.90. The van der Waals surface area contributed by atoms with Crippen LogP contribution in [0.3, 0.4) is 0 Å². The van der Waals surface area contributed by atoms with Gasteiger partial charge >= 0.3 is 0 Å². The summed E-state index contributed by atoms with van der Waals surface area (Å²) >= 11 is 1.59. The Morgan fingerprint density at radius 1 is 1.18 bits per heavy atom. The molecule has 3 N–H and O–H groups in total. The molecule has 0 radical (unpaired) electrons. The molecule has 6 nitrogen and oxygen atoms in total. The molecular formula is C21H23N3O3S. The molecule has 0 bridgehead atoms. The number of thiophene rings is 1. The first-order chi connectivity index (χ1) is 13.6. The largest absolute Gasteiger partial charge is 0.446 e. The Morgan fingerprint density at radius 3 is 2.64 bits per heavy atom. The third-order valence-corrected chi connectivity index (χ3v) is 5.03. The number of carbonyl (C=O) groups excluding carboxylic acids is 1. The van der Waals surface area contributed by atoms with E-state index in [9.17, 15) is 4.79 Å². The van der Waals surface area contributed by atoms with Crippen molar-refractivity contribution in [2.45, 2.75) is 26.5 Å². The van der Waals surface area contributed by atoms with Crippen molar-refractivity contribution in [2.75, 3.05) is 12.8 Å². The van der Waals surface area contributed by atoms with Crippen LogP contribution in [0.5, 0.6) is 10.8 Å². The fourth-order valence-corrected chi connectivity index (χ4v) is 3.53. The summed E-state index contributed by atoms with van der Waals surface area (Å²) in [6.07, 6.45) is 0.938. The highest BCUT2D eigenvalue weighted by Gasteiger charge is 2.11. The second-order valence-electron chi connectivity index (χ2n) is 6.18. The minimum atomic E-state index is -0.263. The Kier molecular flexibility index (Phi) is 6.62. The molecule has 1 aromatic carbocycles. The van der Waals surface area contributed by atoms with Gasteiger partial charge in [0.1, 0.15) is 11.6 Å². The number of benzene rings is 1. The summed E-state index contributed by atoms with van der Waals surface area (Å²) in [6, 6.07) is 13.1. The maximum atomic E-state index is 12.4. The second kappa shape index (κ2) is 9.34. The van der Waals surface area contributed by atoms with Gasteiger partial charge in [-0.05, 0) is 47.7 Å². The zero-order valence-electron chi connectivity index (χ0n) is 15.9. The van der Waals surface area contributed by atoms with E-state index in [4.69, 9.17) is 15.2 Å². The van der Waals surface area contributed by atoms with Crippen LogP contribution < -0.4 is 15.8 Å². The maximum Gasteiger partial charge on any atom is 0.255 e. The molecule has 1 amide bonds. The topological polar surface area (TPSA) is 86.5 Å². The fourth-order valence-electron chi connectivity index (χ4n) is 2.67. The van der Waals surface area contributed by atoms with Crippen molar-refractivity contribution >= 4 is 23.1 Å². The smallest absolute Gasteiger partial charge is 0.255 e. The molecule has 0 spiro atoms. The highest BCUT2D eigenvalue weighted by Crippen LogP contribution is 2.31. The molecule has 146 valence electrons. The van der Waals surface area contributed by atoms with E-state index < -0.39 is 0 Å². The number of pyridine rings is 1. The third kappa shape index (κ3) is 4.88. The lowest BCUT2D eigenvalue weighted by atomic mass is 10.2. The number of hydrogen-bond donors (Lipinski definition) is 2. The Balaban J connectivity index is 1.58. The molecule has 0 saturated heterocycles. The summed E-state index contributed by atoms with van der Waals surface area (Å²) in [4.78, 5) is 16.5. The number of rotatable bonds is 8. The highest BCUT2D eigenvalue weighted by molar-refractivity contribution is 7.12. The normalized spacial score (nSPS) is 10.6. The molecule has 0 unspecified atom stereocenters. The van der Waals surface area contributed by atoms with Gasteiger partial charge in [0.05, 0.1) is 17.9 Å². The van der Waals surface area contributed by atoms with Crippen LogP contribution in [0.15, 0.2) is 47.8 Å². The summed E-state index contributed by atoms with van der Waals surface area (Å²) in [7, 11) is 1.58. The summed E-state index contributed by atoms with van der Waals surface area (Å²) in [5, 5.41) is 5.81. The predicted octanol–water partition coefficient (Wildman–Crippen LogP) is 4.16. The number of nitrogens with two attached hydrogens (primary N) is 1. The van der Waals surface area contributed by atoms with Crippen molar-refractivity contribution in [3.63, 3.8) is 0 Å². The van der Waals surface area contributed by atoms with Gasteiger partial charge in [-0.25, -0.2) is 4.98 Å². The SMILES string of the molecule is CCc1ccsc1Oc1ccc(CNC(=O)c2ccc(COC)nc2N)cc1. The molecule has 7 heteroatoms. The summed E-state index contributed by atoms with van der Waals surface area (Å²) < 4.78 is 10.9. The number of ether oxygens (including phenoxy) is 2. The molecule has 0 saturated carbocycles. The predicted molar refractivity (Wildman–Crippen MR) is 111 cm³/mol. The van der Waals surface area contributed by atoms with Gasteiger partial charge in [0, 0.05) is 19.2 Å². The van der Waals surface area contributed by atoms with Crippen molar-refractivity contribution in [1.29, 1.82) is 0 Å². The van der Waals surface area contributed by atoms with E-state index in [1.807, 2.05) is 29.6 Å². The average Bonchev–Trinajstić information content (AvgIpc) is 3.15. The Bertz CT molecular complexity index is 938. The van der Waals surface area contributed by atoms with Crippen LogP contribution in [0.2, 0.25) is 0 Å². The van der Waals surface area contributed by atoms with Gasteiger partial charge in [0.15, 0.2) is 5.06 Å². The van der Waals surface area contributed by atoms with E-state index in [1.165, 1.54) is 5.56 Å². The van der Waals surface area contributed by atoms with Crippen LogP contribution >= 0.6 is 11.3 Å². The standard InChI is InChI=1S/C21H23N3O3S/c1-3-15-10-11-28-21(15)27-17-7-4-14(5-8-17)12-23-20(25)18-9-6-16(13-26-2)24-19(18)22/h4-11H,3,12-13H2,1-2H3,(H2,22,24)(H,23,25). The van der Waals surface area contributed by atoms with E-state index in [2.05, 4.69) is 23.3 Å². The number of nitrogens with zero attached hydrogens (tertiary/aromatic N) is 1. The number of hydrogen-bond acceptors (Lipinski definition) is 6. The van der Waals surface area contributed by atoms with E-state index in [-0.39, 0.29) is 11.7 Å². The van der Waals surface area contributed by atoms with E-state index in [1.54, 1.807) is 30.6 Å². The summed E-state index contributed by atoms with van der Waals surface area (Å²) in [6.45, 7) is 2.84. The number of anilines is 1. The van der Waals surface area contributed by atoms with Crippen LogP contribution in [0.1, 0.15) is 34.1 Å². The van der Waals surface area contributed by atoms with Crippen LogP contribution in [0, 0.1) is 0 Å². The van der Waals surface area contributed by atoms with Crippen LogP contribution in [0.4, 0.5) is 5.82 Å². The molecule has 0 aliphatic heterocycles. The lowest BCUT2D eigenvalue weighted by molar-refractivity contribution is 0.0951. The van der Waals surface area contributed by atoms with Gasteiger partial charge in [-0.15, -0.1) is 11.3 Å². The maximum absolute atomic E-state index is 12.4. The Labute approximate surface area is 168 Å². The monoisotopic (exact) mass is 397 g/mol. The summed E-state index contributed by atoms with van der Waals surface area (Å²) in [5.41, 5.74) is 9.08. The summed E-state index contributed by atoms with van der Waals surface area (Å²) in [5.74, 6) is 0.702. The number of nitrogens with one attached hydrogen (secondary N) is 1. The van der Waals surface area contributed by atoms with Crippen molar-refractivity contribution in [1.82, 2.24) is 10.3 Å². The first kappa shape index (κ1) is 19.9. The van der Waals surface area contributed by atoms with Gasteiger partial charge in [-0.1, -0.05) is 19.1 Å². The molecule has 2 heterocycles. The fraction of sp³-hybridized carbons (Fsp3) is 0.238. The van der Waals surface area contributed by atoms with Crippen molar-refractivity contribution in [3.8, 4) is 10.8 Å². The zero-order valence-corrected chi connectivity index (χ0v) is 16.7. The molecule has 0 aliphatic rings. The molecule has 28 heavy (non-hydrogen) atoms. The number of carbonyl (C=O) groups is 1. The van der Waals surface area contributed by atoms with Crippen molar-refractivity contribution in [3.05, 3.63) is 70.2 Å². The first-order valence-corrected chi connectivity index (χ1v) is 9.84. The van der Waals surface area contributed by atoms with Gasteiger partial charge in [-0.2, -0.15) is 0 Å². The van der Waals surface area contributed by atoms with Crippen molar-refractivity contribution < 1.29 is 14.3 Å². The van der Waals surface area contributed by atoms with Crippen molar-refractivity contribution in [2.24, 2.45) is 0 Å². The van der Waals surface area contributed by atoms with Gasteiger partial charge < -0.3 is 20.5 Å². The van der Waals surface area contributed by atoms with Crippen LogP contribution in [-0.4, -0.2) is 18.0 Å². The third-order valence-electron chi connectivity index (χ3n) is 4.19. The molecule has 0 fully saturated rings. The minimum absolute atomic E-state index is 0.193. The number of methoxy groups -OCH3 is 1. The van der Waals surface area contributed by atoms with Crippen LogP contribution in [-0.2, 0) is 24.3 Å². The number of aryl methyl sites for hydroxylation is 1. The number of nitrogen functional groups attached to an aromatic ring is 1. The molecule has 3 rings (SSSR count). The van der Waals surface area contributed by atoms with Crippen LogP contribution in [0.25, 0.3) is 0 Å². The zero-order chi connectivity index (χ0) is 19.9. The quantitative estimate of drug-likeness (QED) is 0.596. The molecule has 2 aromatic heterocycles. The lowest BCUT2D eigenvalue weighted by Gasteiger charge is -2.09. The molecule has 0 atom stereocenters. The van der Waals surface area contributed by atoms with E-state index in [0.29, 0.717) is 24.4 Å². The van der Waals surface area contributed by atoms with E-state index in [0.717, 1.165) is 22.8 Å². The lowest BCUT2D eigenvalue weighted by Crippen LogP contribution is -2.24. The number of aromatic nitrogens is 1. The molecule has 3 aromatic rings. The number of amides is 1. The Morgan fingerprint density at radius 2 is 1.96 bits per heavy atom. The molecular weight excluding hydrogens is 374 g/mol. The van der Waals surface area contributed by atoms with Gasteiger partial charge in [0.25, 0.3) is 5.91 Å². The minimum Gasteiger partial charge on any atom is -0.446 e. The highest BCUT2D eigenvalue weighted by atomic mass is 32.1. The second-order valence-corrected chi connectivity index (χ2v) is 7.06. The average molecular weight is 398 g/mol. The first-order valence-electron chi connectivity index (χ1n) is 8.96. The van der Waals surface area contributed by atoms with Gasteiger partial charge in [-0.3, -0.25) is 4.79 Å².